The molecule has 0 fully saturated rings. The van der Waals surface area contributed by atoms with Gasteiger partial charge >= 0.3 is 0 Å². The molecule has 0 saturated heterocycles. The Hall–Kier alpha value is -1.86. The molecule has 0 heterocycles. The van der Waals surface area contributed by atoms with E-state index >= 15 is 0 Å². The number of para-hydroxylation sites is 1. The van der Waals surface area contributed by atoms with Gasteiger partial charge in [-0.1, -0.05) is 32.0 Å². The van der Waals surface area contributed by atoms with E-state index in [9.17, 15) is 4.79 Å². The lowest BCUT2D eigenvalue weighted by molar-refractivity contribution is -0.119. The minimum absolute atomic E-state index is 0.0487. The summed E-state index contributed by atoms with van der Waals surface area (Å²) < 4.78 is 0. The van der Waals surface area contributed by atoms with Gasteiger partial charge in [0.2, 0.25) is 5.91 Å². The molecular formula is C17H25N3O. The molecule has 4 nitrogen and oxygen atoms in total. The number of carbonyl (C=O) groups is 1. The van der Waals surface area contributed by atoms with E-state index in [4.69, 9.17) is 11.0 Å². The quantitative estimate of drug-likeness (QED) is 0.799. The van der Waals surface area contributed by atoms with Crippen LogP contribution in [0.5, 0.6) is 0 Å². The van der Waals surface area contributed by atoms with Gasteiger partial charge in [-0.3, -0.25) is 4.79 Å². The Labute approximate surface area is 127 Å². The van der Waals surface area contributed by atoms with Crippen LogP contribution in [0.3, 0.4) is 0 Å². The maximum atomic E-state index is 12.6. The average Bonchev–Trinajstić information content (AvgIpc) is 2.47. The Bertz CT molecular complexity index is 465. The fraction of sp³-hybridized carbons (Fsp3) is 0.529. The minimum Gasteiger partial charge on any atom is -0.330 e. The van der Waals surface area contributed by atoms with E-state index in [0.29, 0.717) is 31.8 Å². The maximum Gasteiger partial charge on any atom is 0.227 e. The van der Waals surface area contributed by atoms with Crippen molar-refractivity contribution in [3.8, 4) is 6.07 Å². The van der Waals surface area contributed by atoms with E-state index in [0.717, 1.165) is 12.1 Å². The minimum atomic E-state index is 0.0487. The van der Waals surface area contributed by atoms with Crippen LogP contribution in [-0.4, -0.2) is 19.0 Å². The van der Waals surface area contributed by atoms with Gasteiger partial charge in [-0.05, 0) is 36.9 Å². The molecule has 0 bridgehead atoms. The van der Waals surface area contributed by atoms with E-state index in [-0.39, 0.29) is 11.8 Å². The highest BCUT2D eigenvalue weighted by Crippen LogP contribution is 2.20. The maximum absolute atomic E-state index is 12.6. The molecule has 1 aromatic carbocycles. The predicted octanol–water partition coefficient (Wildman–Crippen LogP) is 2.94. The molecular weight excluding hydrogens is 262 g/mol. The molecule has 21 heavy (non-hydrogen) atoms. The number of nitrogens with two attached hydrogens (primary N) is 1. The third kappa shape index (κ3) is 5.97. The summed E-state index contributed by atoms with van der Waals surface area (Å²) in [4.78, 5) is 14.3. The fourth-order valence-corrected chi connectivity index (χ4v) is 2.45. The van der Waals surface area contributed by atoms with Gasteiger partial charge in [0.05, 0.1) is 12.5 Å². The second-order valence-electron chi connectivity index (χ2n) is 5.72. The SMILES string of the molecule is CC(C)CC(CN)CC(=O)N(CCC#N)c1ccccc1. The fourth-order valence-electron chi connectivity index (χ4n) is 2.45. The zero-order valence-electron chi connectivity index (χ0n) is 13.0. The average molecular weight is 287 g/mol. The highest BCUT2D eigenvalue weighted by molar-refractivity contribution is 5.93. The van der Waals surface area contributed by atoms with E-state index in [1.165, 1.54) is 0 Å². The topological polar surface area (TPSA) is 70.1 Å². The summed E-state index contributed by atoms with van der Waals surface area (Å²) in [6, 6.07) is 11.6. The van der Waals surface area contributed by atoms with E-state index < -0.39 is 0 Å². The standard InChI is InChI=1S/C17H25N3O/c1-14(2)11-15(13-19)12-17(21)20(10-6-9-18)16-7-4-3-5-8-16/h3-5,7-8,14-15H,6,10-13,19H2,1-2H3. The van der Waals surface area contributed by atoms with Crippen LogP contribution in [0.25, 0.3) is 0 Å². The van der Waals surface area contributed by atoms with Crippen molar-refractivity contribution in [2.24, 2.45) is 17.6 Å². The molecule has 114 valence electrons. The number of anilines is 1. The van der Waals surface area contributed by atoms with Gasteiger partial charge in [0.25, 0.3) is 0 Å². The van der Waals surface area contributed by atoms with Crippen LogP contribution in [0.15, 0.2) is 30.3 Å². The Morgan fingerprint density at radius 2 is 2.00 bits per heavy atom. The van der Waals surface area contributed by atoms with Crippen LogP contribution in [0.2, 0.25) is 0 Å². The van der Waals surface area contributed by atoms with E-state index in [1.807, 2.05) is 30.3 Å². The largest absolute Gasteiger partial charge is 0.330 e. The van der Waals surface area contributed by atoms with E-state index in [1.54, 1.807) is 4.90 Å². The number of rotatable bonds is 8. The van der Waals surface area contributed by atoms with E-state index in [2.05, 4.69) is 19.9 Å². The third-order valence-corrected chi connectivity index (χ3v) is 3.42. The molecule has 1 atom stereocenters. The molecule has 0 spiro atoms. The number of hydrogen-bond acceptors (Lipinski definition) is 3. The molecule has 1 unspecified atom stereocenters. The van der Waals surface area contributed by atoms with Crippen LogP contribution < -0.4 is 10.6 Å². The second-order valence-corrected chi connectivity index (χ2v) is 5.72. The molecule has 4 heteroatoms. The first-order valence-corrected chi connectivity index (χ1v) is 7.50. The van der Waals surface area contributed by atoms with Crippen molar-refractivity contribution in [2.45, 2.75) is 33.1 Å². The normalized spacial score (nSPS) is 12.0. The Morgan fingerprint density at radius 1 is 1.33 bits per heavy atom. The summed E-state index contributed by atoms with van der Waals surface area (Å²) in [5.74, 6) is 0.772. The van der Waals surface area contributed by atoms with Crippen molar-refractivity contribution in [3.63, 3.8) is 0 Å². The van der Waals surface area contributed by atoms with Crippen LogP contribution >= 0.6 is 0 Å². The Kier molecular flexibility index (Phi) is 7.49. The van der Waals surface area contributed by atoms with Gasteiger partial charge < -0.3 is 10.6 Å². The molecule has 0 aliphatic carbocycles. The van der Waals surface area contributed by atoms with Gasteiger partial charge in [-0.2, -0.15) is 5.26 Å². The van der Waals surface area contributed by atoms with Crippen LogP contribution in [-0.2, 0) is 4.79 Å². The molecule has 0 aromatic heterocycles. The van der Waals surface area contributed by atoms with Gasteiger partial charge in [0.15, 0.2) is 0 Å². The Balaban J connectivity index is 2.78. The summed E-state index contributed by atoms with van der Waals surface area (Å²) in [6.07, 6.45) is 1.72. The third-order valence-electron chi connectivity index (χ3n) is 3.42. The first-order valence-electron chi connectivity index (χ1n) is 7.50. The Morgan fingerprint density at radius 3 is 2.52 bits per heavy atom. The number of amides is 1. The van der Waals surface area contributed by atoms with Crippen molar-refractivity contribution in [3.05, 3.63) is 30.3 Å². The number of nitriles is 1. The van der Waals surface area contributed by atoms with Crippen LogP contribution in [0.1, 0.15) is 33.1 Å². The number of carbonyl (C=O) groups excluding carboxylic acids is 1. The molecule has 1 aromatic rings. The van der Waals surface area contributed by atoms with Gasteiger partial charge in [-0.15, -0.1) is 0 Å². The van der Waals surface area contributed by atoms with Crippen molar-refractivity contribution < 1.29 is 4.79 Å². The van der Waals surface area contributed by atoms with Gasteiger partial charge in [-0.25, -0.2) is 0 Å². The number of benzene rings is 1. The van der Waals surface area contributed by atoms with Crippen molar-refractivity contribution >= 4 is 11.6 Å². The molecule has 0 saturated carbocycles. The van der Waals surface area contributed by atoms with Crippen molar-refractivity contribution in [2.75, 3.05) is 18.0 Å². The molecule has 1 amide bonds. The molecule has 0 aliphatic heterocycles. The second kappa shape index (κ2) is 9.15. The molecule has 2 N–H and O–H groups in total. The van der Waals surface area contributed by atoms with Crippen molar-refractivity contribution in [1.82, 2.24) is 0 Å². The zero-order valence-corrected chi connectivity index (χ0v) is 13.0. The van der Waals surface area contributed by atoms with Crippen LogP contribution in [0.4, 0.5) is 5.69 Å². The summed E-state index contributed by atoms with van der Waals surface area (Å²) in [7, 11) is 0. The lowest BCUT2D eigenvalue weighted by Crippen LogP contribution is -2.34. The molecule has 0 radical (unpaired) electrons. The lowest BCUT2D eigenvalue weighted by Gasteiger charge is -2.25. The first kappa shape index (κ1) is 17.2. The molecule has 0 aliphatic rings. The summed E-state index contributed by atoms with van der Waals surface area (Å²) in [5, 5.41) is 8.78. The number of nitrogens with zero attached hydrogens (tertiary/aromatic N) is 2. The summed E-state index contributed by atoms with van der Waals surface area (Å²) in [5.41, 5.74) is 6.63. The monoisotopic (exact) mass is 287 g/mol. The first-order chi connectivity index (χ1) is 10.1. The van der Waals surface area contributed by atoms with Gasteiger partial charge in [0.1, 0.15) is 0 Å². The number of hydrogen-bond donors (Lipinski definition) is 1. The molecule has 1 rings (SSSR count). The lowest BCUT2D eigenvalue weighted by atomic mass is 9.93. The highest BCUT2D eigenvalue weighted by Gasteiger charge is 2.20. The smallest absolute Gasteiger partial charge is 0.227 e. The zero-order chi connectivity index (χ0) is 15.7. The van der Waals surface area contributed by atoms with Gasteiger partial charge in [0, 0.05) is 18.7 Å². The summed E-state index contributed by atoms with van der Waals surface area (Å²) >= 11 is 0. The van der Waals surface area contributed by atoms with Crippen LogP contribution in [0, 0.1) is 23.2 Å². The predicted molar refractivity (Wildman–Crippen MR) is 85.6 cm³/mol. The summed E-state index contributed by atoms with van der Waals surface area (Å²) in [6.45, 7) is 5.22. The highest BCUT2D eigenvalue weighted by atomic mass is 16.2. The van der Waals surface area contributed by atoms with Crippen molar-refractivity contribution in [1.29, 1.82) is 5.26 Å².